The molecule has 8 heteroatoms. The molecule has 5 nitrogen and oxygen atoms in total. The predicted molar refractivity (Wildman–Crippen MR) is 172 cm³/mol. The molecule has 46 heavy (non-hydrogen) atoms. The Bertz CT molecular complexity index is 1500. The van der Waals surface area contributed by atoms with Gasteiger partial charge in [-0.3, -0.25) is 9.59 Å². The molecule has 5 rings (SSSR count). The number of alkyl halides is 3. The third kappa shape index (κ3) is 8.99. The summed E-state index contributed by atoms with van der Waals surface area (Å²) in [4.78, 5) is 31.1. The maximum atomic E-state index is 14.9. The second-order valence-electron chi connectivity index (χ2n) is 12.0. The number of hydrogen-bond acceptors (Lipinski definition) is 3. The average Bonchev–Trinajstić information content (AvgIpc) is 3.05. The fourth-order valence-corrected chi connectivity index (χ4v) is 6.29. The Kier molecular flexibility index (Phi) is 10.8. The summed E-state index contributed by atoms with van der Waals surface area (Å²) in [6.07, 6.45) is 0.648. The molecule has 0 bridgehead atoms. The van der Waals surface area contributed by atoms with Crippen molar-refractivity contribution in [3.05, 3.63) is 138 Å². The largest absolute Gasteiger partial charge is 0.573 e. The Labute approximate surface area is 268 Å². The SMILES string of the molecule is O=C(Cc1ccccc1)N(Cc1ccc(OC(F)(F)F)cc1)C(Cc1ccccc1)(Cc1ccccc1)C(=O)NC1CCCCC1. The number of ether oxygens (including phenoxy) is 1. The van der Waals surface area contributed by atoms with E-state index in [1.54, 1.807) is 4.90 Å². The first-order valence-electron chi connectivity index (χ1n) is 15.8. The van der Waals surface area contributed by atoms with Gasteiger partial charge < -0.3 is 15.0 Å². The zero-order chi connectivity index (χ0) is 32.4. The minimum absolute atomic E-state index is 0.00273. The summed E-state index contributed by atoms with van der Waals surface area (Å²) >= 11 is 0. The normalized spacial score (nSPS) is 14.0. The first-order chi connectivity index (χ1) is 22.2. The van der Waals surface area contributed by atoms with Crippen LogP contribution in [0.5, 0.6) is 5.75 Å². The molecule has 0 unspecified atom stereocenters. The molecular weight excluding hydrogens is 589 g/mol. The van der Waals surface area contributed by atoms with Crippen molar-refractivity contribution in [2.24, 2.45) is 0 Å². The first kappa shape index (κ1) is 32.8. The van der Waals surface area contributed by atoms with E-state index in [1.807, 2.05) is 91.0 Å². The molecule has 4 aromatic rings. The van der Waals surface area contributed by atoms with Gasteiger partial charge in [-0.05, 0) is 47.2 Å². The van der Waals surface area contributed by atoms with Gasteiger partial charge in [0.05, 0.1) is 6.42 Å². The minimum Gasteiger partial charge on any atom is -0.406 e. The van der Waals surface area contributed by atoms with Crippen LogP contribution < -0.4 is 10.1 Å². The van der Waals surface area contributed by atoms with E-state index in [1.165, 1.54) is 24.3 Å². The molecule has 0 aromatic heterocycles. The van der Waals surface area contributed by atoms with Gasteiger partial charge in [0.25, 0.3) is 0 Å². The number of benzene rings is 4. The van der Waals surface area contributed by atoms with E-state index in [0.29, 0.717) is 5.56 Å². The number of halogens is 3. The third-order valence-electron chi connectivity index (χ3n) is 8.56. The summed E-state index contributed by atoms with van der Waals surface area (Å²) in [5, 5.41) is 3.34. The lowest BCUT2D eigenvalue weighted by molar-refractivity contribution is -0.274. The summed E-state index contributed by atoms with van der Waals surface area (Å²) < 4.78 is 42.8. The smallest absolute Gasteiger partial charge is 0.406 e. The van der Waals surface area contributed by atoms with Crippen molar-refractivity contribution >= 4 is 11.8 Å². The lowest BCUT2D eigenvalue weighted by Crippen LogP contribution is -2.64. The van der Waals surface area contributed by atoms with Crippen molar-refractivity contribution in [2.45, 2.75) is 75.9 Å². The molecule has 0 radical (unpaired) electrons. The first-order valence-corrected chi connectivity index (χ1v) is 15.8. The van der Waals surface area contributed by atoms with Crippen LogP contribution in [0, 0.1) is 0 Å². The molecule has 240 valence electrons. The Morgan fingerprint density at radius 3 is 1.67 bits per heavy atom. The maximum Gasteiger partial charge on any atom is 0.573 e. The summed E-state index contributed by atoms with van der Waals surface area (Å²) in [5.74, 6) is -0.841. The zero-order valence-corrected chi connectivity index (χ0v) is 25.7. The third-order valence-corrected chi connectivity index (χ3v) is 8.56. The number of carbonyl (C=O) groups excluding carboxylic acids is 2. The molecule has 0 heterocycles. The Morgan fingerprint density at radius 1 is 0.674 bits per heavy atom. The van der Waals surface area contributed by atoms with E-state index in [-0.39, 0.29) is 49.4 Å². The van der Waals surface area contributed by atoms with Crippen LogP contribution >= 0.6 is 0 Å². The zero-order valence-electron chi connectivity index (χ0n) is 25.7. The summed E-state index contributed by atoms with van der Waals surface area (Å²) in [7, 11) is 0. The van der Waals surface area contributed by atoms with Crippen LogP contribution in [0.15, 0.2) is 115 Å². The number of nitrogens with zero attached hydrogens (tertiary/aromatic N) is 1. The lowest BCUT2D eigenvalue weighted by atomic mass is 9.80. The molecule has 1 saturated carbocycles. The lowest BCUT2D eigenvalue weighted by Gasteiger charge is -2.44. The highest BCUT2D eigenvalue weighted by molar-refractivity contribution is 5.93. The highest BCUT2D eigenvalue weighted by atomic mass is 19.4. The van der Waals surface area contributed by atoms with E-state index in [2.05, 4.69) is 10.1 Å². The standard InChI is InChI=1S/C38H39F3N2O3/c39-38(40,41)46-34-23-21-32(22-24-34)28-43(35(44)25-29-13-5-1-6-14-29)37(26-30-15-7-2-8-16-30,27-31-17-9-3-10-18-31)36(45)42-33-19-11-4-12-20-33/h1-3,5-10,13-18,21-24,33H,4,11-12,19-20,25-28H2,(H,42,45). The van der Waals surface area contributed by atoms with Gasteiger partial charge in [-0.2, -0.15) is 0 Å². The molecular formula is C38H39F3N2O3. The van der Waals surface area contributed by atoms with Crippen LogP contribution in [0.25, 0.3) is 0 Å². The summed E-state index contributed by atoms with van der Waals surface area (Å²) in [5.41, 5.74) is 1.80. The maximum absolute atomic E-state index is 14.9. The fraction of sp³-hybridized carbons (Fsp3) is 0.316. The van der Waals surface area contributed by atoms with Crippen molar-refractivity contribution in [3.63, 3.8) is 0 Å². The van der Waals surface area contributed by atoms with E-state index in [4.69, 9.17) is 0 Å². The van der Waals surface area contributed by atoms with Crippen molar-refractivity contribution in [3.8, 4) is 5.75 Å². The van der Waals surface area contributed by atoms with Gasteiger partial charge in [0.2, 0.25) is 11.8 Å². The van der Waals surface area contributed by atoms with Gasteiger partial charge in [-0.1, -0.05) is 122 Å². The van der Waals surface area contributed by atoms with Crippen LogP contribution in [0.4, 0.5) is 13.2 Å². The van der Waals surface area contributed by atoms with Crippen molar-refractivity contribution in [2.75, 3.05) is 0 Å². The Morgan fingerprint density at radius 2 is 1.17 bits per heavy atom. The molecule has 0 aliphatic heterocycles. The molecule has 0 atom stereocenters. The summed E-state index contributed by atoms with van der Waals surface area (Å²) in [6, 6.07) is 34.1. The molecule has 1 N–H and O–H groups in total. The van der Waals surface area contributed by atoms with E-state index < -0.39 is 11.9 Å². The Balaban J connectivity index is 1.62. The highest BCUT2D eigenvalue weighted by Gasteiger charge is 2.47. The highest BCUT2D eigenvalue weighted by Crippen LogP contribution is 2.32. The molecule has 1 aliphatic rings. The molecule has 4 aromatic carbocycles. The van der Waals surface area contributed by atoms with Crippen LogP contribution in [0.3, 0.4) is 0 Å². The number of hydrogen-bond donors (Lipinski definition) is 1. The number of amides is 2. The van der Waals surface area contributed by atoms with Crippen LogP contribution in [-0.4, -0.2) is 34.7 Å². The molecule has 0 spiro atoms. The quantitative estimate of drug-likeness (QED) is 0.174. The number of nitrogens with one attached hydrogen (secondary N) is 1. The van der Waals surface area contributed by atoms with Crippen molar-refractivity contribution < 1.29 is 27.5 Å². The van der Waals surface area contributed by atoms with Gasteiger partial charge >= 0.3 is 6.36 Å². The van der Waals surface area contributed by atoms with E-state index >= 15 is 0 Å². The summed E-state index contributed by atoms with van der Waals surface area (Å²) in [6.45, 7) is 0.00964. The predicted octanol–water partition coefficient (Wildman–Crippen LogP) is 7.83. The molecule has 1 aliphatic carbocycles. The average molecular weight is 629 g/mol. The molecule has 2 amide bonds. The van der Waals surface area contributed by atoms with Gasteiger partial charge in [0.15, 0.2) is 0 Å². The van der Waals surface area contributed by atoms with Crippen molar-refractivity contribution in [1.29, 1.82) is 0 Å². The van der Waals surface area contributed by atoms with Gasteiger partial charge in [-0.25, -0.2) is 0 Å². The van der Waals surface area contributed by atoms with E-state index in [0.717, 1.165) is 48.8 Å². The number of rotatable bonds is 12. The fourth-order valence-electron chi connectivity index (χ4n) is 6.29. The minimum atomic E-state index is -4.82. The second-order valence-corrected chi connectivity index (χ2v) is 12.0. The molecule has 1 fully saturated rings. The molecule has 0 saturated heterocycles. The van der Waals surface area contributed by atoms with Crippen LogP contribution in [0.2, 0.25) is 0 Å². The van der Waals surface area contributed by atoms with Gasteiger partial charge in [-0.15, -0.1) is 13.2 Å². The van der Waals surface area contributed by atoms with Crippen LogP contribution in [-0.2, 0) is 35.4 Å². The van der Waals surface area contributed by atoms with Gasteiger partial charge in [0, 0.05) is 25.4 Å². The van der Waals surface area contributed by atoms with Gasteiger partial charge in [0.1, 0.15) is 11.3 Å². The van der Waals surface area contributed by atoms with E-state index in [9.17, 15) is 22.8 Å². The Hall–Kier alpha value is -4.59. The van der Waals surface area contributed by atoms with Crippen LogP contribution in [0.1, 0.15) is 54.4 Å². The number of carbonyl (C=O) groups is 2. The topological polar surface area (TPSA) is 58.6 Å². The monoisotopic (exact) mass is 628 g/mol. The second kappa shape index (κ2) is 15.1. The van der Waals surface area contributed by atoms with Crippen molar-refractivity contribution in [1.82, 2.24) is 10.2 Å².